The highest BCUT2D eigenvalue weighted by Crippen LogP contribution is 2.27. The number of rotatable bonds is 3. The zero-order valence-corrected chi connectivity index (χ0v) is 10.8. The summed E-state index contributed by atoms with van der Waals surface area (Å²) < 4.78 is 5.85. The molecule has 0 atom stereocenters. The predicted molar refractivity (Wildman–Crippen MR) is 70.4 cm³/mol. The van der Waals surface area contributed by atoms with Crippen molar-refractivity contribution in [3.05, 3.63) is 28.8 Å². The quantitative estimate of drug-likeness (QED) is 0.867. The van der Waals surface area contributed by atoms with Crippen LogP contribution in [0, 0.1) is 13.8 Å². The lowest BCUT2D eigenvalue weighted by atomic mass is 10.0. The van der Waals surface area contributed by atoms with Crippen LogP contribution in [0.2, 0.25) is 0 Å². The Balaban J connectivity index is 2.18. The standard InChI is InChI=1S/C14H22N2O/c1-11-8-12(2)13-10-16(5-3-4-15)6-7-17-14(13)9-11/h8-9H,3-7,10,15H2,1-2H3. The van der Waals surface area contributed by atoms with Crippen molar-refractivity contribution in [1.29, 1.82) is 0 Å². The molecule has 2 N–H and O–H groups in total. The van der Waals surface area contributed by atoms with Gasteiger partial charge in [0.2, 0.25) is 0 Å². The van der Waals surface area contributed by atoms with Gasteiger partial charge in [-0.3, -0.25) is 4.90 Å². The number of fused-ring (bicyclic) bond motifs is 1. The number of benzene rings is 1. The van der Waals surface area contributed by atoms with E-state index in [1.807, 2.05) is 0 Å². The topological polar surface area (TPSA) is 38.5 Å². The van der Waals surface area contributed by atoms with Crippen LogP contribution in [-0.2, 0) is 6.54 Å². The highest BCUT2D eigenvalue weighted by Gasteiger charge is 2.16. The van der Waals surface area contributed by atoms with Crippen LogP contribution in [0.5, 0.6) is 5.75 Å². The van der Waals surface area contributed by atoms with Crippen LogP contribution in [0.3, 0.4) is 0 Å². The third-order valence-electron chi connectivity index (χ3n) is 3.30. The molecular formula is C14H22N2O. The molecule has 1 aromatic rings. The van der Waals surface area contributed by atoms with Crippen molar-refractivity contribution in [2.24, 2.45) is 5.73 Å². The molecule has 2 rings (SSSR count). The van der Waals surface area contributed by atoms with E-state index in [1.54, 1.807) is 0 Å². The molecule has 0 aromatic heterocycles. The van der Waals surface area contributed by atoms with Gasteiger partial charge in [-0.1, -0.05) is 6.07 Å². The average molecular weight is 234 g/mol. The maximum atomic E-state index is 5.85. The zero-order chi connectivity index (χ0) is 12.3. The van der Waals surface area contributed by atoms with E-state index in [0.717, 1.165) is 45.0 Å². The summed E-state index contributed by atoms with van der Waals surface area (Å²) in [6.45, 7) is 8.87. The first-order chi connectivity index (χ1) is 8.20. The Morgan fingerprint density at radius 2 is 2.18 bits per heavy atom. The van der Waals surface area contributed by atoms with Crippen LogP contribution in [-0.4, -0.2) is 31.1 Å². The molecule has 3 heteroatoms. The van der Waals surface area contributed by atoms with Gasteiger partial charge in [-0.15, -0.1) is 0 Å². The SMILES string of the molecule is Cc1cc(C)c2c(c1)OCCN(CCCN)C2. The second kappa shape index (κ2) is 5.52. The first-order valence-corrected chi connectivity index (χ1v) is 6.36. The van der Waals surface area contributed by atoms with E-state index in [2.05, 4.69) is 30.9 Å². The Morgan fingerprint density at radius 3 is 2.94 bits per heavy atom. The van der Waals surface area contributed by atoms with Crippen LogP contribution in [0.25, 0.3) is 0 Å². The first kappa shape index (κ1) is 12.4. The van der Waals surface area contributed by atoms with E-state index in [9.17, 15) is 0 Å². The summed E-state index contributed by atoms with van der Waals surface area (Å²) in [6.07, 6.45) is 1.06. The molecule has 0 bridgehead atoms. The van der Waals surface area contributed by atoms with Gasteiger partial charge in [0.05, 0.1) is 0 Å². The van der Waals surface area contributed by atoms with Crippen LogP contribution >= 0.6 is 0 Å². The van der Waals surface area contributed by atoms with Crippen LogP contribution in [0.15, 0.2) is 12.1 Å². The molecule has 17 heavy (non-hydrogen) atoms. The number of nitrogens with two attached hydrogens (primary N) is 1. The predicted octanol–water partition coefficient (Wildman–Crippen LogP) is 1.85. The van der Waals surface area contributed by atoms with Crippen molar-refractivity contribution in [2.45, 2.75) is 26.8 Å². The molecule has 1 aliphatic heterocycles. The van der Waals surface area contributed by atoms with Gasteiger partial charge in [-0.05, 0) is 50.6 Å². The third kappa shape index (κ3) is 2.99. The van der Waals surface area contributed by atoms with Gasteiger partial charge >= 0.3 is 0 Å². The van der Waals surface area contributed by atoms with E-state index < -0.39 is 0 Å². The molecule has 0 fully saturated rings. The highest BCUT2D eigenvalue weighted by molar-refractivity contribution is 5.43. The maximum absolute atomic E-state index is 5.85. The van der Waals surface area contributed by atoms with Crippen molar-refractivity contribution in [3.8, 4) is 5.75 Å². The fourth-order valence-corrected chi connectivity index (χ4v) is 2.38. The molecule has 0 radical (unpaired) electrons. The molecule has 0 spiro atoms. The fourth-order valence-electron chi connectivity index (χ4n) is 2.38. The number of ether oxygens (including phenoxy) is 1. The second-order valence-electron chi connectivity index (χ2n) is 4.83. The lowest BCUT2D eigenvalue weighted by molar-refractivity contribution is 0.225. The number of hydrogen-bond acceptors (Lipinski definition) is 3. The average Bonchev–Trinajstić information content (AvgIpc) is 2.48. The Morgan fingerprint density at radius 1 is 1.35 bits per heavy atom. The number of hydrogen-bond donors (Lipinski definition) is 1. The lowest BCUT2D eigenvalue weighted by Gasteiger charge is -2.19. The van der Waals surface area contributed by atoms with E-state index in [0.29, 0.717) is 0 Å². The van der Waals surface area contributed by atoms with Gasteiger partial charge in [0.1, 0.15) is 12.4 Å². The number of aryl methyl sites for hydroxylation is 2. The fraction of sp³-hybridized carbons (Fsp3) is 0.571. The molecule has 0 saturated heterocycles. The summed E-state index contributed by atoms with van der Waals surface area (Å²) in [5.74, 6) is 1.07. The van der Waals surface area contributed by atoms with E-state index in [1.165, 1.54) is 16.7 Å². The zero-order valence-electron chi connectivity index (χ0n) is 10.8. The summed E-state index contributed by atoms with van der Waals surface area (Å²) in [7, 11) is 0. The number of nitrogens with zero attached hydrogens (tertiary/aromatic N) is 1. The molecule has 1 aliphatic rings. The van der Waals surface area contributed by atoms with Crippen molar-refractivity contribution >= 4 is 0 Å². The molecule has 0 saturated carbocycles. The summed E-state index contributed by atoms with van der Waals surface area (Å²) >= 11 is 0. The van der Waals surface area contributed by atoms with E-state index in [-0.39, 0.29) is 0 Å². The van der Waals surface area contributed by atoms with Gasteiger partial charge in [0.25, 0.3) is 0 Å². The molecule has 94 valence electrons. The summed E-state index contributed by atoms with van der Waals surface area (Å²) in [6, 6.07) is 4.38. The van der Waals surface area contributed by atoms with Crippen molar-refractivity contribution < 1.29 is 4.74 Å². The molecule has 0 aliphatic carbocycles. The Labute approximate surface area is 104 Å². The molecule has 0 unspecified atom stereocenters. The van der Waals surface area contributed by atoms with Crippen LogP contribution in [0.4, 0.5) is 0 Å². The lowest BCUT2D eigenvalue weighted by Crippen LogP contribution is -2.28. The molecular weight excluding hydrogens is 212 g/mol. The minimum atomic E-state index is 0.761. The third-order valence-corrected chi connectivity index (χ3v) is 3.30. The Hall–Kier alpha value is -1.06. The molecule has 3 nitrogen and oxygen atoms in total. The smallest absolute Gasteiger partial charge is 0.124 e. The second-order valence-corrected chi connectivity index (χ2v) is 4.83. The molecule has 1 heterocycles. The Kier molecular flexibility index (Phi) is 4.02. The summed E-state index contributed by atoms with van der Waals surface area (Å²) in [5, 5.41) is 0. The van der Waals surface area contributed by atoms with Gasteiger partial charge in [0.15, 0.2) is 0 Å². The van der Waals surface area contributed by atoms with E-state index in [4.69, 9.17) is 10.5 Å². The maximum Gasteiger partial charge on any atom is 0.124 e. The summed E-state index contributed by atoms with van der Waals surface area (Å²) in [4.78, 5) is 2.43. The minimum Gasteiger partial charge on any atom is -0.492 e. The van der Waals surface area contributed by atoms with Gasteiger partial charge < -0.3 is 10.5 Å². The van der Waals surface area contributed by atoms with Crippen molar-refractivity contribution in [2.75, 3.05) is 26.2 Å². The highest BCUT2D eigenvalue weighted by atomic mass is 16.5. The van der Waals surface area contributed by atoms with Crippen LogP contribution < -0.4 is 10.5 Å². The molecule has 1 aromatic carbocycles. The molecule has 0 amide bonds. The van der Waals surface area contributed by atoms with Crippen LogP contribution in [0.1, 0.15) is 23.1 Å². The van der Waals surface area contributed by atoms with E-state index >= 15 is 0 Å². The normalized spacial score (nSPS) is 16.2. The first-order valence-electron chi connectivity index (χ1n) is 6.36. The largest absolute Gasteiger partial charge is 0.492 e. The monoisotopic (exact) mass is 234 g/mol. The van der Waals surface area contributed by atoms with Crippen molar-refractivity contribution in [1.82, 2.24) is 4.90 Å². The Bertz CT molecular complexity index is 390. The van der Waals surface area contributed by atoms with Crippen molar-refractivity contribution in [3.63, 3.8) is 0 Å². The minimum absolute atomic E-state index is 0.761. The summed E-state index contributed by atoms with van der Waals surface area (Å²) in [5.41, 5.74) is 9.52. The van der Waals surface area contributed by atoms with Gasteiger partial charge in [-0.2, -0.15) is 0 Å². The van der Waals surface area contributed by atoms with Gasteiger partial charge in [-0.25, -0.2) is 0 Å². The van der Waals surface area contributed by atoms with Gasteiger partial charge in [0, 0.05) is 18.7 Å².